The van der Waals surface area contributed by atoms with Gasteiger partial charge in [0, 0.05) is 17.5 Å². The molecule has 0 saturated heterocycles. The summed E-state index contributed by atoms with van der Waals surface area (Å²) in [7, 11) is 4.72. The lowest BCUT2D eigenvalue weighted by molar-refractivity contribution is -0.113. The fraction of sp³-hybridized carbons (Fsp3) is 0.238. The van der Waals surface area contributed by atoms with Crippen LogP contribution in [0.3, 0.4) is 0 Å². The summed E-state index contributed by atoms with van der Waals surface area (Å²) < 4.78 is 15.9. The summed E-state index contributed by atoms with van der Waals surface area (Å²) in [6.45, 7) is 1.82. The van der Waals surface area contributed by atoms with E-state index in [-0.39, 0.29) is 5.91 Å². The maximum atomic E-state index is 13.2. The molecule has 2 aromatic carbocycles. The molecule has 0 bridgehead atoms. The Bertz CT molecular complexity index is 974. The second-order valence-electron chi connectivity index (χ2n) is 6.37. The van der Waals surface area contributed by atoms with Gasteiger partial charge in [0.1, 0.15) is 5.75 Å². The molecule has 152 valence electrons. The minimum Gasteiger partial charge on any atom is -0.497 e. The van der Waals surface area contributed by atoms with Gasteiger partial charge in [0.15, 0.2) is 16.6 Å². The summed E-state index contributed by atoms with van der Waals surface area (Å²) >= 11 is 5.31. The number of benzene rings is 2. The van der Waals surface area contributed by atoms with Crippen molar-refractivity contribution in [3.63, 3.8) is 0 Å². The molecule has 0 radical (unpaired) electrons. The van der Waals surface area contributed by atoms with Gasteiger partial charge in [0.25, 0.3) is 5.91 Å². The van der Waals surface area contributed by atoms with Crippen LogP contribution in [-0.2, 0) is 4.79 Å². The summed E-state index contributed by atoms with van der Waals surface area (Å²) in [6, 6.07) is 12.2. The predicted octanol–water partition coefficient (Wildman–Crippen LogP) is 3.14. The number of nitrogens with one attached hydrogen (secondary N) is 3. The van der Waals surface area contributed by atoms with E-state index in [0.717, 1.165) is 5.56 Å². The first-order chi connectivity index (χ1) is 14.0. The van der Waals surface area contributed by atoms with Crippen LogP contribution in [0.4, 0.5) is 5.69 Å². The molecule has 0 saturated carbocycles. The fourth-order valence-electron chi connectivity index (χ4n) is 3.18. The van der Waals surface area contributed by atoms with Crippen molar-refractivity contribution >= 4 is 28.9 Å². The average Bonchev–Trinajstić information content (AvgIpc) is 2.72. The minimum absolute atomic E-state index is 0.252. The Morgan fingerprint density at radius 2 is 1.79 bits per heavy atom. The highest BCUT2D eigenvalue weighted by atomic mass is 32.1. The molecule has 2 aromatic rings. The number of thiocarbonyl (C=S) groups is 1. The number of carbonyl (C=O) groups excluding carboxylic acids is 1. The van der Waals surface area contributed by atoms with Gasteiger partial charge in [-0.1, -0.05) is 12.1 Å². The van der Waals surface area contributed by atoms with E-state index in [1.165, 1.54) is 0 Å². The van der Waals surface area contributed by atoms with E-state index in [1.807, 2.05) is 31.2 Å². The summed E-state index contributed by atoms with van der Waals surface area (Å²) in [5, 5.41) is 9.57. The van der Waals surface area contributed by atoms with Gasteiger partial charge in [-0.05, 0) is 49.0 Å². The van der Waals surface area contributed by atoms with Crippen LogP contribution >= 0.6 is 12.2 Å². The predicted molar refractivity (Wildman–Crippen MR) is 115 cm³/mol. The van der Waals surface area contributed by atoms with Gasteiger partial charge in [0.2, 0.25) is 0 Å². The zero-order valence-electron chi connectivity index (χ0n) is 16.7. The molecule has 1 unspecified atom stereocenters. The molecule has 8 heteroatoms. The molecule has 1 atom stereocenters. The molecule has 0 aliphatic carbocycles. The highest BCUT2D eigenvalue weighted by Crippen LogP contribution is 2.34. The lowest BCUT2D eigenvalue weighted by Crippen LogP contribution is -2.45. The van der Waals surface area contributed by atoms with Crippen molar-refractivity contribution in [3.05, 3.63) is 59.3 Å². The number of carbonyl (C=O) groups is 1. The zero-order chi connectivity index (χ0) is 21.0. The normalized spacial score (nSPS) is 15.9. The minimum atomic E-state index is -0.450. The molecular weight excluding hydrogens is 390 g/mol. The van der Waals surface area contributed by atoms with E-state index in [4.69, 9.17) is 26.4 Å². The Morgan fingerprint density at radius 3 is 2.48 bits per heavy atom. The Kier molecular flexibility index (Phi) is 6.23. The third-order valence-corrected chi connectivity index (χ3v) is 4.80. The van der Waals surface area contributed by atoms with Gasteiger partial charge < -0.3 is 30.2 Å². The number of allylic oxidation sites excluding steroid dienone is 1. The summed E-state index contributed by atoms with van der Waals surface area (Å²) in [5.74, 6) is 1.58. The molecule has 1 aliphatic heterocycles. The molecule has 7 nitrogen and oxygen atoms in total. The van der Waals surface area contributed by atoms with E-state index in [9.17, 15) is 4.79 Å². The van der Waals surface area contributed by atoms with E-state index in [1.54, 1.807) is 39.5 Å². The molecule has 1 heterocycles. The molecule has 0 spiro atoms. The van der Waals surface area contributed by atoms with Crippen molar-refractivity contribution in [1.29, 1.82) is 0 Å². The van der Waals surface area contributed by atoms with E-state index >= 15 is 0 Å². The Labute approximate surface area is 175 Å². The summed E-state index contributed by atoms with van der Waals surface area (Å²) in [6.07, 6.45) is 0. The van der Waals surface area contributed by atoms with Crippen molar-refractivity contribution < 1.29 is 19.0 Å². The number of hydrogen-bond donors (Lipinski definition) is 3. The van der Waals surface area contributed by atoms with Gasteiger partial charge in [-0.3, -0.25) is 4.79 Å². The van der Waals surface area contributed by atoms with E-state index < -0.39 is 6.04 Å². The van der Waals surface area contributed by atoms with Crippen LogP contribution in [0.5, 0.6) is 17.2 Å². The Balaban J connectivity index is 1.96. The van der Waals surface area contributed by atoms with Crippen LogP contribution in [0.25, 0.3) is 0 Å². The number of rotatable bonds is 6. The second kappa shape index (κ2) is 8.83. The standard InChI is InChI=1S/C21H23N3O4S/c1-12-18(20(25)23-14-6-5-7-15(11-14)26-2)19(24-21(29)22-12)13-8-9-16(27-3)17(10-13)28-4/h5-11,19H,1-4H3,(H,23,25)(H2,22,24,29). The molecule has 3 rings (SSSR count). The quantitative estimate of drug-likeness (QED) is 0.628. The molecule has 1 amide bonds. The largest absolute Gasteiger partial charge is 0.497 e. The average molecular weight is 413 g/mol. The maximum Gasteiger partial charge on any atom is 0.255 e. The van der Waals surface area contributed by atoms with Gasteiger partial charge >= 0.3 is 0 Å². The van der Waals surface area contributed by atoms with Gasteiger partial charge in [0.05, 0.1) is 32.9 Å². The zero-order valence-corrected chi connectivity index (χ0v) is 17.5. The molecule has 29 heavy (non-hydrogen) atoms. The third kappa shape index (κ3) is 4.43. The first-order valence-corrected chi connectivity index (χ1v) is 9.33. The SMILES string of the molecule is COc1cccc(NC(=O)C2=C(C)NC(=S)NC2c2ccc(OC)c(OC)c2)c1. The monoisotopic (exact) mass is 413 g/mol. The first kappa shape index (κ1) is 20.5. The smallest absolute Gasteiger partial charge is 0.255 e. The van der Waals surface area contributed by atoms with Crippen LogP contribution in [0.2, 0.25) is 0 Å². The molecule has 3 N–H and O–H groups in total. The molecule has 0 fully saturated rings. The number of anilines is 1. The van der Waals surface area contributed by atoms with Crippen LogP contribution in [0, 0.1) is 0 Å². The first-order valence-electron chi connectivity index (χ1n) is 8.92. The van der Waals surface area contributed by atoms with Crippen molar-refractivity contribution in [1.82, 2.24) is 10.6 Å². The van der Waals surface area contributed by atoms with Gasteiger partial charge in [-0.25, -0.2) is 0 Å². The van der Waals surface area contributed by atoms with Crippen molar-refractivity contribution in [2.24, 2.45) is 0 Å². The number of hydrogen-bond acceptors (Lipinski definition) is 5. The van der Waals surface area contributed by atoms with Crippen LogP contribution < -0.4 is 30.2 Å². The maximum absolute atomic E-state index is 13.2. The topological polar surface area (TPSA) is 80.9 Å². The van der Waals surface area contributed by atoms with Crippen LogP contribution in [0.15, 0.2) is 53.7 Å². The van der Waals surface area contributed by atoms with Crippen molar-refractivity contribution in [2.75, 3.05) is 26.6 Å². The van der Waals surface area contributed by atoms with Crippen LogP contribution in [-0.4, -0.2) is 32.3 Å². The highest BCUT2D eigenvalue weighted by Gasteiger charge is 2.30. The highest BCUT2D eigenvalue weighted by molar-refractivity contribution is 7.80. The van der Waals surface area contributed by atoms with Crippen molar-refractivity contribution in [2.45, 2.75) is 13.0 Å². The number of amides is 1. The lowest BCUT2D eigenvalue weighted by atomic mass is 9.94. The fourth-order valence-corrected chi connectivity index (χ4v) is 3.45. The van der Waals surface area contributed by atoms with Gasteiger partial charge in [-0.2, -0.15) is 0 Å². The Morgan fingerprint density at radius 1 is 1.03 bits per heavy atom. The third-order valence-electron chi connectivity index (χ3n) is 4.58. The van der Waals surface area contributed by atoms with E-state index in [0.29, 0.717) is 39.3 Å². The summed E-state index contributed by atoms with van der Waals surface area (Å²) in [5.41, 5.74) is 2.65. The molecular formula is C21H23N3O4S. The van der Waals surface area contributed by atoms with E-state index in [2.05, 4.69) is 16.0 Å². The van der Waals surface area contributed by atoms with Crippen molar-refractivity contribution in [3.8, 4) is 17.2 Å². The second-order valence-corrected chi connectivity index (χ2v) is 6.78. The molecule has 1 aliphatic rings. The summed E-state index contributed by atoms with van der Waals surface area (Å²) in [4.78, 5) is 13.2. The Hall–Kier alpha value is -3.26. The molecule has 0 aromatic heterocycles. The van der Waals surface area contributed by atoms with Gasteiger partial charge in [-0.15, -0.1) is 0 Å². The lowest BCUT2D eigenvalue weighted by Gasteiger charge is -2.30. The number of ether oxygens (including phenoxy) is 3. The van der Waals surface area contributed by atoms with Crippen LogP contribution in [0.1, 0.15) is 18.5 Å². The number of methoxy groups -OCH3 is 3.